The van der Waals surface area contributed by atoms with Crippen molar-refractivity contribution in [2.45, 2.75) is 104 Å². The van der Waals surface area contributed by atoms with E-state index in [9.17, 15) is 0 Å². The van der Waals surface area contributed by atoms with Crippen LogP contribution in [0.2, 0.25) is 0 Å². The summed E-state index contributed by atoms with van der Waals surface area (Å²) in [7, 11) is -1.60. The Hall–Kier alpha value is -6.50. The minimum atomic E-state index is -0.801. The third-order valence-electron chi connectivity index (χ3n) is 16.5. The SMILES string of the molecule is CCCCCCCCc1ccc(-p2c3cc4c5sc6cc(-c7ccc(-c8ccccc8)cc7)ccc6c5p(-c5ccc(CCCCCCCC)cc5)c4cc3c3sc4cc(-c5ccc(-c6ccccc6)cc5)ccc4c32)cc1. The van der Waals surface area contributed by atoms with Crippen molar-refractivity contribution in [3.05, 3.63) is 217 Å². The Balaban J connectivity index is 0.958. The maximum atomic E-state index is 2.70. The molecule has 2 unspecified atom stereocenters. The van der Waals surface area contributed by atoms with Crippen LogP contribution in [0.4, 0.5) is 0 Å². The molecule has 0 fully saturated rings. The fourth-order valence-electron chi connectivity index (χ4n) is 12.2. The molecule has 0 N–H and O–H groups in total. The van der Waals surface area contributed by atoms with Crippen LogP contribution in [0.1, 0.15) is 102 Å². The van der Waals surface area contributed by atoms with Crippen LogP contribution in [0, 0.1) is 0 Å². The lowest BCUT2D eigenvalue weighted by Crippen LogP contribution is -1.86. The molecule has 9 aromatic carbocycles. The van der Waals surface area contributed by atoms with E-state index in [-0.39, 0.29) is 0 Å². The number of unbranched alkanes of at least 4 members (excludes halogenated alkanes) is 10. The van der Waals surface area contributed by atoms with Gasteiger partial charge in [-0.3, -0.25) is 0 Å². The largest absolute Gasteiger partial charge is 0.134 e. The quantitative estimate of drug-likeness (QED) is 0.0667. The molecule has 13 rings (SSSR count). The van der Waals surface area contributed by atoms with Crippen LogP contribution in [-0.4, -0.2) is 0 Å². The minimum absolute atomic E-state index is 0.801. The number of benzene rings is 9. The first-order valence-electron chi connectivity index (χ1n) is 29.0. The number of hydrogen-bond donors (Lipinski definition) is 0. The van der Waals surface area contributed by atoms with Gasteiger partial charge in [0.1, 0.15) is 0 Å². The molecular formula is C74H68P2S2. The summed E-state index contributed by atoms with van der Waals surface area (Å²) < 4.78 is 5.74. The van der Waals surface area contributed by atoms with Crippen molar-refractivity contribution in [1.82, 2.24) is 0 Å². The second kappa shape index (κ2) is 23.1. The molecule has 0 aliphatic rings. The van der Waals surface area contributed by atoms with E-state index in [2.05, 4.69) is 220 Å². The highest BCUT2D eigenvalue weighted by molar-refractivity contribution is 7.70. The molecule has 0 saturated heterocycles. The van der Waals surface area contributed by atoms with E-state index in [0.717, 1.165) is 12.8 Å². The van der Waals surface area contributed by atoms with Crippen molar-refractivity contribution in [2.24, 2.45) is 0 Å². The second-order valence-corrected chi connectivity index (χ2v) is 28.1. The van der Waals surface area contributed by atoms with E-state index in [0.29, 0.717) is 0 Å². The highest BCUT2D eigenvalue weighted by Gasteiger charge is 2.25. The van der Waals surface area contributed by atoms with Gasteiger partial charge in [0, 0.05) is 60.8 Å². The van der Waals surface area contributed by atoms with E-state index in [1.807, 2.05) is 22.7 Å². The van der Waals surface area contributed by atoms with E-state index in [4.69, 9.17) is 0 Å². The Kier molecular flexibility index (Phi) is 15.1. The standard InChI is InChI=1S/C74H68P2S2/c1-3-5-7-9-11-15-21-51-27-41-61(42-28-51)75-67-49-66-68(50-65(67)73-71(75)63-45-39-59(47-69(63)77-73)57-35-31-55(32-36-57)53-23-17-13-18-24-53)76(62-43-29-52(30-44-62)22-16-12-10-8-6-4-2)72-64-46-40-60(48-70(64)78-74(66)72)58-37-33-56(34-38-58)54-25-19-14-20-26-54/h13-14,17-20,23-50H,3-12,15-16,21-22H2,1-2H3. The lowest BCUT2D eigenvalue weighted by Gasteiger charge is -2.09. The molecule has 4 aromatic heterocycles. The molecule has 0 aliphatic heterocycles. The smallest absolute Gasteiger partial charge is 0.0480 e. The fraction of sp³-hybridized carbons (Fsp3) is 0.216. The van der Waals surface area contributed by atoms with E-state index in [1.54, 1.807) is 10.2 Å². The average molecular weight is 1080 g/mol. The van der Waals surface area contributed by atoms with Crippen molar-refractivity contribution < 1.29 is 0 Å². The van der Waals surface area contributed by atoms with Crippen LogP contribution in [0.25, 0.3) is 116 Å². The van der Waals surface area contributed by atoms with Gasteiger partial charge in [-0.15, -0.1) is 22.7 Å². The topological polar surface area (TPSA) is 0 Å². The molecule has 0 amide bonds. The molecular weight excluding hydrogens is 1010 g/mol. The molecule has 13 aromatic rings. The van der Waals surface area contributed by atoms with Crippen molar-refractivity contribution in [3.63, 3.8) is 0 Å². The summed E-state index contributed by atoms with van der Waals surface area (Å²) in [5, 5.41) is 14.9. The number of hydrogen-bond acceptors (Lipinski definition) is 2. The lowest BCUT2D eigenvalue weighted by atomic mass is 10.00. The summed E-state index contributed by atoms with van der Waals surface area (Å²) in [6, 6.07) is 79.8. The van der Waals surface area contributed by atoms with Gasteiger partial charge in [-0.25, -0.2) is 0 Å². The van der Waals surface area contributed by atoms with Gasteiger partial charge in [0.15, 0.2) is 0 Å². The van der Waals surface area contributed by atoms with Gasteiger partial charge < -0.3 is 0 Å². The number of fused-ring (bicyclic) bond motifs is 10. The molecule has 0 aliphatic carbocycles. The number of aryl methyl sites for hydroxylation is 2. The van der Waals surface area contributed by atoms with Crippen LogP contribution in [0.15, 0.2) is 206 Å². The maximum Gasteiger partial charge on any atom is 0.0480 e. The van der Waals surface area contributed by atoms with Gasteiger partial charge in [0.2, 0.25) is 0 Å². The molecule has 0 spiro atoms. The highest BCUT2D eigenvalue weighted by atomic mass is 32.1. The van der Waals surface area contributed by atoms with Crippen molar-refractivity contribution in [2.75, 3.05) is 0 Å². The monoisotopic (exact) mass is 1080 g/mol. The maximum absolute atomic E-state index is 2.70. The molecule has 4 heteroatoms. The summed E-state index contributed by atoms with van der Waals surface area (Å²) in [6.45, 7) is 4.62. The zero-order valence-electron chi connectivity index (χ0n) is 45.2. The van der Waals surface area contributed by atoms with E-state index in [1.165, 1.54) is 194 Å². The van der Waals surface area contributed by atoms with E-state index >= 15 is 0 Å². The predicted molar refractivity (Wildman–Crippen MR) is 351 cm³/mol. The lowest BCUT2D eigenvalue weighted by molar-refractivity contribution is 0.607. The molecule has 0 bridgehead atoms. The van der Waals surface area contributed by atoms with Crippen molar-refractivity contribution in [3.8, 4) is 55.1 Å². The summed E-state index contributed by atoms with van der Waals surface area (Å²) in [6.07, 6.45) is 18.3. The van der Waals surface area contributed by atoms with Crippen LogP contribution < -0.4 is 0 Å². The van der Waals surface area contributed by atoms with Crippen molar-refractivity contribution in [1.29, 1.82) is 0 Å². The first-order valence-corrected chi connectivity index (χ1v) is 33.3. The Morgan fingerprint density at radius 3 is 1.01 bits per heavy atom. The highest BCUT2D eigenvalue weighted by Crippen LogP contribution is 2.65. The normalized spacial score (nSPS) is 12.4. The summed E-state index contributed by atoms with van der Waals surface area (Å²) >= 11 is 4.06. The molecule has 0 nitrogen and oxygen atoms in total. The van der Waals surface area contributed by atoms with Crippen molar-refractivity contribution >= 4 is 98.6 Å². The van der Waals surface area contributed by atoms with Gasteiger partial charge in [-0.1, -0.05) is 275 Å². The van der Waals surface area contributed by atoms with E-state index < -0.39 is 15.1 Å². The summed E-state index contributed by atoms with van der Waals surface area (Å²) in [5.74, 6) is 0. The zero-order valence-corrected chi connectivity index (χ0v) is 48.7. The molecule has 78 heavy (non-hydrogen) atoms. The number of thiophene rings is 2. The Bertz CT molecular complexity index is 3900. The third kappa shape index (κ3) is 10.1. The Morgan fingerprint density at radius 2 is 0.628 bits per heavy atom. The first kappa shape index (κ1) is 51.0. The second-order valence-electron chi connectivity index (χ2n) is 21.8. The Labute approximate surface area is 471 Å². The third-order valence-corrected chi connectivity index (χ3v) is 24.4. The molecule has 0 saturated carbocycles. The van der Waals surface area contributed by atoms with Crippen LogP contribution in [0.3, 0.4) is 0 Å². The van der Waals surface area contributed by atoms with Gasteiger partial charge in [0.25, 0.3) is 0 Å². The zero-order chi connectivity index (χ0) is 52.4. The molecule has 2 atom stereocenters. The number of rotatable bonds is 20. The van der Waals surface area contributed by atoms with Crippen LogP contribution in [-0.2, 0) is 12.8 Å². The molecule has 386 valence electrons. The summed E-state index contributed by atoms with van der Waals surface area (Å²) in [5.41, 5.74) is 13.1. The first-order chi connectivity index (χ1) is 38.6. The van der Waals surface area contributed by atoms with Gasteiger partial charge >= 0.3 is 0 Å². The van der Waals surface area contributed by atoms with Crippen LogP contribution >= 0.6 is 37.7 Å². The predicted octanol–water partition coefficient (Wildman–Crippen LogP) is 25.2. The summed E-state index contributed by atoms with van der Waals surface area (Å²) in [4.78, 5) is 0. The van der Waals surface area contributed by atoms with Gasteiger partial charge in [0.05, 0.1) is 0 Å². The van der Waals surface area contributed by atoms with Gasteiger partial charge in [-0.2, -0.15) is 0 Å². The molecule has 0 radical (unpaired) electrons. The van der Waals surface area contributed by atoms with Gasteiger partial charge in [-0.05, 0) is 116 Å². The molecule has 4 heterocycles. The average Bonchev–Trinajstić information content (AvgIpc) is 4.25. The fourth-order valence-corrected chi connectivity index (χ4v) is 21.0. The van der Waals surface area contributed by atoms with Crippen LogP contribution in [0.5, 0.6) is 0 Å². The Morgan fingerprint density at radius 1 is 0.295 bits per heavy atom. The minimum Gasteiger partial charge on any atom is -0.134 e.